The number of carbonyl (C=O) groups is 2. The zero-order valence-electron chi connectivity index (χ0n) is 12.3. The summed E-state index contributed by atoms with van der Waals surface area (Å²) in [5.41, 5.74) is 8.40. The van der Waals surface area contributed by atoms with E-state index in [1.807, 2.05) is 31.2 Å². The maximum atomic E-state index is 12.0. The van der Waals surface area contributed by atoms with Crippen molar-refractivity contribution >= 4 is 23.6 Å². The Morgan fingerprint density at radius 2 is 2.05 bits per heavy atom. The lowest BCUT2D eigenvalue weighted by Gasteiger charge is -2.11. The summed E-state index contributed by atoms with van der Waals surface area (Å²) in [6.07, 6.45) is 1.53. The van der Waals surface area contributed by atoms with Gasteiger partial charge in [-0.3, -0.25) is 9.59 Å². The Morgan fingerprint density at radius 3 is 2.73 bits per heavy atom. The number of carbonyl (C=O) groups excluding carboxylic acids is 2. The Morgan fingerprint density at radius 1 is 1.27 bits per heavy atom. The molecular formula is C17H18N2O3. The van der Waals surface area contributed by atoms with Gasteiger partial charge >= 0.3 is 0 Å². The van der Waals surface area contributed by atoms with Crippen LogP contribution in [0.25, 0.3) is 0 Å². The number of aryl methyl sites for hydroxylation is 1. The van der Waals surface area contributed by atoms with Crippen LogP contribution < -0.4 is 15.8 Å². The second-order valence-electron chi connectivity index (χ2n) is 4.76. The number of nitrogens with one attached hydrogen (secondary N) is 1. The van der Waals surface area contributed by atoms with Crippen molar-refractivity contribution in [3.63, 3.8) is 0 Å². The molecule has 3 N–H and O–H groups in total. The lowest BCUT2D eigenvalue weighted by atomic mass is 10.1. The Labute approximate surface area is 129 Å². The molecule has 0 aromatic heterocycles. The van der Waals surface area contributed by atoms with Crippen LogP contribution in [0, 0.1) is 0 Å². The maximum absolute atomic E-state index is 12.0. The number of benzene rings is 2. The summed E-state index contributed by atoms with van der Waals surface area (Å²) in [5.74, 6) is 0.115. The highest BCUT2D eigenvalue weighted by Crippen LogP contribution is 2.22. The molecule has 5 nitrogen and oxygen atoms in total. The molecule has 0 bridgehead atoms. The zero-order chi connectivity index (χ0) is 15.9. The monoisotopic (exact) mass is 298 g/mol. The molecule has 0 atom stereocenters. The van der Waals surface area contributed by atoms with Crippen LogP contribution in [0.4, 0.5) is 11.4 Å². The van der Waals surface area contributed by atoms with Crippen molar-refractivity contribution in [1.82, 2.24) is 0 Å². The number of nitrogens with two attached hydrogens (primary N) is 1. The second-order valence-corrected chi connectivity index (χ2v) is 4.76. The van der Waals surface area contributed by atoms with Crippen molar-refractivity contribution in [3.8, 4) is 5.75 Å². The number of hydrogen-bond donors (Lipinski definition) is 2. The molecule has 0 heterocycles. The lowest BCUT2D eigenvalue weighted by Crippen LogP contribution is -2.21. The average Bonchev–Trinajstić information content (AvgIpc) is 2.54. The first kappa shape index (κ1) is 15.6. The standard InChI is InChI=1S/C17H18N2O3/c1-2-13-5-3-4-6-15(13)19-17(21)11-22-16-8-7-12(10-20)9-14(16)18/h3-10H,2,11,18H2,1H3,(H,19,21). The minimum atomic E-state index is -0.264. The predicted molar refractivity (Wildman–Crippen MR) is 86.2 cm³/mol. The molecule has 2 aromatic carbocycles. The third-order valence-corrected chi connectivity index (χ3v) is 3.20. The molecule has 1 amide bonds. The molecule has 0 saturated carbocycles. The van der Waals surface area contributed by atoms with Gasteiger partial charge in [-0.05, 0) is 36.2 Å². The van der Waals surface area contributed by atoms with Gasteiger partial charge in [0.2, 0.25) is 0 Å². The van der Waals surface area contributed by atoms with E-state index in [1.54, 1.807) is 12.1 Å². The molecule has 0 aliphatic rings. The van der Waals surface area contributed by atoms with Crippen LogP contribution in [0.5, 0.6) is 5.75 Å². The van der Waals surface area contributed by atoms with E-state index in [4.69, 9.17) is 10.5 Å². The average molecular weight is 298 g/mol. The summed E-state index contributed by atoms with van der Waals surface area (Å²) in [4.78, 5) is 22.6. The van der Waals surface area contributed by atoms with Crippen LogP contribution >= 0.6 is 0 Å². The summed E-state index contributed by atoms with van der Waals surface area (Å²) >= 11 is 0. The molecule has 0 aliphatic carbocycles. The van der Waals surface area contributed by atoms with Gasteiger partial charge in [-0.2, -0.15) is 0 Å². The minimum Gasteiger partial charge on any atom is -0.482 e. The predicted octanol–water partition coefficient (Wildman–Crippen LogP) is 2.66. The summed E-state index contributed by atoms with van der Waals surface area (Å²) in [6, 6.07) is 12.3. The van der Waals surface area contributed by atoms with Gasteiger partial charge in [0.05, 0.1) is 5.69 Å². The van der Waals surface area contributed by atoms with E-state index in [0.29, 0.717) is 23.3 Å². The molecule has 0 aliphatic heterocycles. The highest BCUT2D eigenvalue weighted by atomic mass is 16.5. The number of ether oxygens (including phenoxy) is 1. The van der Waals surface area contributed by atoms with Crippen molar-refractivity contribution in [3.05, 3.63) is 53.6 Å². The molecule has 0 fully saturated rings. The quantitative estimate of drug-likeness (QED) is 0.634. The Kier molecular flexibility index (Phi) is 5.14. The van der Waals surface area contributed by atoms with Crippen LogP contribution in [0.1, 0.15) is 22.8 Å². The normalized spacial score (nSPS) is 10.0. The van der Waals surface area contributed by atoms with Gasteiger partial charge in [0.1, 0.15) is 12.0 Å². The highest BCUT2D eigenvalue weighted by Gasteiger charge is 2.08. The fraction of sp³-hybridized carbons (Fsp3) is 0.176. The second kappa shape index (κ2) is 7.26. The first-order valence-electron chi connectivity index (χ1n) is 6.99. The van der Waals surface area contributed by atoms with Crippen molar-refractivity contribution in [2.75, 3.05) is 17.7 Å². The third kappa shape index (κ3) is 3.85. The first-order chi connectivity index (χ1) is 10.6. The molecule has 2 rings (SSSR count). The number of para-hydroxylation sites is 1. The smallest absolute Gasteiger partial charge is 0.262 e. The van der Waals surface area contributed by atoms with E-state index in [0.717, 1.165) is 17.7 Å². The van der Waals surface area contributed by atoms with E-state index in [2.05, 4.69) is 5.32 Å². The van der Waals surface area contributed by atoms with Gasteiger partial charge in [0, 0.05) is 11.3 Å². The largest absolute Gasteiger partial charge is 0.482 e. The van der Waals surface area contributed by atoms with Gasteiger partial charge in [0.15, 0.2) is 6.61 Å². The number of anilines is 2. The van der Waals surface area contributed by atoms with Gasteiger partial charge in [-0.1, -0.05) is 25.1 Å². The maximum Gasteiger partial charge on any atom is 0.262 e. The van der Waals surface area contributed by atoms with Gasteiger partial charge in [0.25, 0.3) is 5.91 Å². The molecule has 22 heavy (non-hydrogen) atoms. The third-order valence-electron chi connectivity index (χ3n) is 3.20. The molecule has 2 aromatic rings. The summed E-state index contributed by atoms with van der Waals surface area (Å²) in [7, 11) is 0. The molecule has 0 spiro atoms. The summed E-state index contributed by atoms with van der Waals surface area (Å²) in [5, 5.41) is 2.81. The fourth-order valence-corrected chi connectivity index (χ4v) is 2.05. The van der Waals surface area contributed by atoms with Crippen molar-refractivity contribution in [1.29, 1.82) is 0 Å². The van der Waals surface area contributed by atoms with Crippen LogP contribution in [-0.2, 0) is 11.2 Å². The van der Waals surface area contributed by atoms with Gasteiger partial charge in [-0.25, -0.2) is 0 Å². The number of amides is 1. The van der Waals surface area contributed by atoms with Crippen LogP contribution in [0.15, 0.2) is 42.5 Å². The zero-order valence-corrected chi connectivity index (χ0v) is 12.3. The SMILES string of the molecule is CCc1ccccc1NC(=O)COc1ccc(C=O)cc1N. The Balaban J connectivity index is 1.97. The van der Waals surface area contributed by atoms with E-state index in [-0.39, 0.29) is 12.5 Å². The number of rotatable bonds is 6. The number of nitrogen functional groups attached to an aromatic ring is 1. The summed E-state index contributed by atoms with van der Waals surface area (Å²) in [6.45, 7) is 1.87. The van der Waals surface area contributed by atoms with Crippen molar-refractivity contribution in [2.24, 2.45) is 0 Å². The molecule has 0 radical (unpaired) electrons. The van der Waals surface area contributed by atoms with Gasteiger partial charge in [-0.15, -0.1) is 0 Å². The first-order valence-corrected chi connectivity index (χ1v) is 6.99. The van der Waals surface area contributed by atoms with E-state index in [9.17, 15) is 9.59 Å². The molecule has 0 unspecified atom stereocenters. The topological polar surface area (TPSA) is 81.4 Å². The van der Waals surface area contributed by atoms with Crippen molar-refractivity contribution in [2.45, 2.75) is 13.3 Å². The van der Waals surface area contributed by atoms with E-state index in [1.165, 1.54) is 6.07 Å². The Bertz CT molecular complexity index is 683. The van der Waals surface area contributed by atoms with Crippen LogP contribution in [0.3, 0.4) is 0 Å². The molecule has 114 valence electrons. The summed E-state index contributed by atoms with van der Waals surface area (Å²) < 4.78 is 5.39. The lowest BCUT2D eigenvalue weighted by molar-refractivity contribution is -0.118. The van der Waals surface area contributed by atoms with Crippen LogP contribution in [0.2, 0.25) is 0 Å². The van der Waals surface area contributed by atoms with Crippen LogP contribution in [-0.4, -0.2) is 18.8 Å². The number of aldehydes is 1. The van der Waals surface area contributed by atoms with E-state index >= 15 is 0 Å². The highest BCUT2D eigenvalue weighted by molar-refractivity contribution is 5.92. The Hall–Kier alpha value is -2.82. The fourth-order valence-electron chi connectivity index (χ4n) is 2.05. The van der Waals surface area contributed by atoms with Gasteiger partial charge < -0.3 is 15.8 Å². The molecule has 0 saturated heterocycles. The molecular weight excluding hydrogens is 280 g/mol. The van der Waals surface area contributed by atoms with E-state index < -0.39 is 0 Å². The number of hydrogen-bond acceptors (Lipinski definition) is 4. The minimum absolute atomic E-state index is 0.150. The molecule has 5 heteroatoms. The van der Waals surface area contributed by atoms with Crippen molar-refractivity contribution < 1.29 is 14.3 Å².